The lowest BCUT2D eigenvalue weighted by Gasteiger charge is -2.13. The first-order chi connectivity index (χ1) is 12.0. The van der Waals surface area contributed by atoms with Crippen molar-refractivity contribution in [2.75, 3.05) is 6.61 Å². The minimum atomic E-state index is -0.451. The van der Waals surface area contributed by atoms with Crippen LogP contribution in [0.2, 0.25) is 10.0 Å². The van der Waals surface area contributed by atoms with Crippen LogP contribution in [0.4, 0.5) is 0 Å². The van der Waals surface area contributed by atoms with Crippen molar-refractivity contribution in [3.8, 4) is 5.69 Å². The number of aromatic nitrogens is 2. The van der Waals surface area contributed by atoms with Gasteiger partial charge in [-0.05, 0) is 49.8 Å². The summed E-state index contributed by atoms with van der Waals surface area (Å²) in [5.41, 5.74) is 2.89. The number of hydrogen-bond donors (Lipinski definition) is 2. The molecule has 5 rings (SSSR count). The summed E-state index contributed by atoms with van der Waals surface area (Å²) in [6.45, 7) is -0.0318. The molecule has 0 bridgehead atoms. The molecule has 3 aliphatic rings. The van der Waals surface area contributed by atoms with Crippen LogP contribution >= 0.6 is 23.2 Å². The number of carbonyl (C=O) groups is 1. The molecule has 25 heavy (non-hydrogen) atoms. The SMILES string of the molecule is O=C(NC1(CO)CC1)c1nn(-c2ccc(Cl)cc2Cl)c2c1C[C@H]1C[C@@H]21. The van der Waals surface area contributed by atoms with Crippen molar-refractivity contribution in [2.24, 2.45) is 5.92 Å². The molecule has 2 saturated carbocycles. The topological polar surface area (TPSA) is 67.2 Å². The van der Waals surface area contributed by atoms with Crippen LogP contribution in [0.3, 0.4) is 0 Å². The number of benzene rings is 1. The summed E-state index contributed by atoms with van der Waals surface area (Å²) >= 11 is 12.4. The van der Waals surface area contributed by atoms with Crippen LogP contribution in [0, 0.1) is 5.92 Å². The van der Waals surface area contributed by atoms with E-state index in [2.05, 4.69) is 10.4 Å². The number of amides is 1. The maximum atomic E-state index is 12.8. The van der Waals surface area contributed by atoms with E-state index in [1.165, 1.54) is 0 Å². The normalized spacial score (nSPS) is 24.6. The molecule has 2 fully saturated rings. The molecular formula is C18H17Cl2N3O2. The minimum Gasteiger partial charge on any atom is -0.394 e. The lowest BCUT2D eigenvalue weighted by molar-refractivity contribution is 0.0900. The predicted octanol–water partition coefficient (Wildman–Crippen LogP) is 3.09. The van der Waals surface area contributed by atoms with Crippen molar-refractivity contribution < 1.29 is 9.90 Å². The van der Waals surface area contributed by atoms with Gasteiger partial charge in [0.25, 0.3) is 5.91 Å². The van der Waals surface area contributed by atoms with E-state index in [0.29, 0.717) is 27.6 Å². The Labute approximate surface area is 154 Å². The Morgan fingerprint density at radius 2 is 2.20 bits per heavy atom. The number of halogens is 2. The molecule has 130 valence electrons. The number of aliphatic hydroxyl groups excluding tert-OH is 1. The van der Waals surface area contributed by atoms with Gasteiger partial charge in [-0.2, -0.15) is 5.10 Å². The molecule has 0 radical (unpaired) electrons. The Bertz CT molecular complexity index is 904. The molecular weight excluding hydrogens is 361 g/mol. The Hall–Kier alpha value is -1.56. The summed E-state index contributed by atoms with van der Waals surface area (Å²) in [6.07, 6.45) is 3.66. The van der Waals surface area contributed by atoms with E-state index in [4.69, 9.17) is 23.2 Å². The van der Waals surface area contributed by atoms with Gasteiger partial charge in [-0.15, -0.1) is 0 Å². The maximum absolute atomic E-state index is 12.8. The third-order valence-electron chi connectivity index (χ3n) is 5.65. The Morgan fingerprint density at radius 3 is 2.88 bits per heavy atom. The fourth-order valence-corrected chi connectivity index (χ4v) is 4.40. The van der Waals surface area contributed by atoms with Crippen molar-refractivity contribution in [1.29, 1.82) is 0 Å². The highest BCUT2D eigenvalue weighted by molar-refractivity contribution is 6.35. The first-order valence-electron chi connectivity index (χ1n) is 8.52. The summed E-state index contributed by atoms with van der Waals surface area (Å²) < 4.78 is 1.82. The molecule has 0 spiro atoms. The average molecular weight is 378 g/mol. The average Bonchev–Trinajstić information content (AvgIpc) is 3.45. The molecule has 2 N–H and O–H groups in total. The molecule has 1 heterocycles. The molecule has 3 aliphatic carbocycles. The Kier molecular flexibility index (Phi) is 3.28. The zero-order valence-corrected chi connectivity index (χ0v) is 14.9. The van der Waals surface area contributed by atoms with E-state index in [1.807, 2.05) is 10.7 Å². The van der Waals surface area contributed by atoms with Crippen LogP contribution in [0.15, 0.2) is 18.2 Å². The fourth-order valence-electron chi connectivity index (χ4n) is 3.91. The van der Waals surface area contributed by atoms with Crippen LogP contribution < -0.4 is 5.32 Å². The second kappa shape index (κ2) is 5.22. The van der Waals surface area contributed by atoms with Crippen molar-refractivity contribution >= 4 is 29.1 Å². The van der Waals surface area contributed by atoms with Gasteiger partial charge in [0.05, 0.1) is 28.5 Å². The predicted molar refractivity (Wildman–Crippen MR) is 94.7 cm³/mol. The van der Waals surface area contributed by atoms with E-state index >= 15 is 0 Å². The van der Waals surface area contributed by atoms with Gasteiger partial charge in [0.1, 0.15) is 0 Å². The zero-order chi connectivity index (χ0) is 17.3. The molecule has 7 heteroatoms. The van der Waals surface area contributed by atoms with E-state index in [0.717, 1.165) is 42.6 Å². The lowest BCUT2D eigenvalue weighted by atomic mass is 10.1. The third-order valence-corrected chi connectivity index (χ3v) is 6.19. The fraction of sp³-hybridized carbons (Fsp3) is 0.444. The smallest absolute Gasteiger partial charge is 0.272 e. The van der Waals surface area contributed by atoms with Gasteiger partial charge >= 0.3 is 0 Å². The molecule has 0 unspecified atom stereocenters. The number of aliphatic hydroxyl groups is 1. The van der Waals surface area contributed by atoms with Crippen molar-refractivity contribution in [1.82, 2.24) is 15.1 Å². The van der Waals surface area contributed by atoms with Crippen LogP contribution in [0.5, 0.6) is 0 Å². The standard InChI is InChI=1S/C18H17Cl2N3O2/c19-10-1-2-14(13(20)7-10)23-16-11-5-9(11)6-12(16)15(22-23)17(25)21-18(8-24)3-4-18/h1-2,7,9,11,24H,3-6,8H2,(H,21,25)/t9-,11-/m1/s1. The van der Waals surface area contributed by atoms with Crippen molar-refractivity contribution in [2.45, 2.75) is 37.1 Å². The first kappa shape index (κ1) is 15.7. The number of carbonyl (C=O) groups excluding carboxylic acids is 1. The summed E-state index contributed by atoms with van der Waals surface area (Å²) in [7, 11) is 0. The van der Waals surface area contributed by atoms with E-state index < -0.39 is 5.54 Å². The third kappa shape index (κ3) is 2.40. The first-order valence-corrected chi connectivity index (χ1v) is 9.27. The van der Waals surface area contributed by atoms with E-state index in [9.17, 15) is 9.90 Å². The van der Waals surface area contributed by atoms with E-state index in [1.54, 1.807) is 12.1 Å². The molecule has 2 aromatic rings. The van der Waals surface area contributed by atoms with Gasteiger partial charge in [-0.3, -0.25) is 4.79 Å². The van der Waals surface area contributed by atoms with Crippen LogP contribution in [0.25, 0.3) is 5.69 Å². The van der Waals surface area contributed by atoms with Gasteiger partial charge in [-0.25, -0.2) is 4.68 Å². The van der Waals surface area contributed by atoms with Gasteiger partial charge < -0.3 is 10.4 Å². The lowest BCUT2D eigenvalue weighted by Crippen LogP contribution is -2.40. The number of nitrogens with zero attached hydrogens (tertiary/aromatic N) is 2. The van der Waals surface area contributed by atoms with Crippen molar-refractivity contribution in [3.05, 3.63) is 45.2 Å². The number of nitrogens with one attached hydrogen (secondary N) is 1. The van der Waals surface area contributed by atoms with Crippen molar-refractivity contribution in [3.63, 3.8) is 0 Å². The quantitative estimate of drug-likeness (QED) is 0.859. The second-order valence-corrected chi connectivity index (χ2v) is 8.26. The Morgan fingerprint density at radius 1 is 1.40 bits per heavy atom. The van der Waals surface area contributed by atoms with Gasteiger partial charge in [-0.1, -0.05) is 23.2 Å². The molecule has 1 aromatic heterocycles. The molecule has 1 amide bonds. The Balaban J connectivity index is 1.58. The van der Waals surface area contributed by atoms with Gasteiger partial charge in [0.2, 0.25) is 0 Å². The summed E-state index contributed by atoms with van der Waals surface area (Å²) in [4.78, 5) is 12.8. The van der Waals surface area contributed by atoms with Gasteiger partial charge in [0.15, 0.2) is 5.69 Å². The monoisotopic (exact) mass is 377 g/mol. The summed E-state index contributed by atoms with van der Waals surface area (Å²) in [5, 5.41) is 18.1. The molecule has 0 aliphatic heterocycles. The summed E-state index contributed by atoms with van der Waals surface area (Å²) in [6, 6.07) is 5.31. The summed E-state index contributed by atoms with van der Waals surface area (Å²) in [5.74, 6) is 0.876. The second-order valence-electron chi connectivity index (χ2n) is 7.42. The molecule has 0 saturated heterocycles. The molecule has 1 aromatic carbocycles. The van der Waals surface area contributed by atoms with E-state index in [-0.39, 0.29) is 12.5 Å². The van der Waals surface area contributed by atoms with Crippen LogP contribution in [-0.2, 0) is 6.42 Å². The zero-order valence-electron chi connectivity index (χ0n) is 13.4. The molecule has 5 nitrogen and oxygen atoms in total. The highest BCUT2D eigenvalue weighted by atomic mass is 35.5. The maximum Gasteiger partial charge on any atom is 0.272 e. The van der Waals surface area contributed by atoms with Crippen LogP contribution in [0.1, 0.15) is 46.9 Å². The number of hydrogen-bond acceptors (Lipinski definition) is 3. The number of fused-ring (bicyclic) bond motifs is 3. The molecule has 2 atom stereocenters. The highest BCUT2D eigenvalue weighted by Gasteiger charge is 2.51. The number of rotatable bonds is 4. The largest absolute Gasteiger partial charge is 0.394 e. The highest BCUT2D eigenvalue weighted by Crippen LogP contribution is 2.57. The van der Waals surface area contributed by atoms with Crippen LogP contribution in [-0.4, -0.2) is 32.9 Å². The van der Waals surface area contributed by atoms with Gasteiger partial charge in [0, 0.05) is 16.5 Å². The minimum absolute atomic E-state index is 0.0318.